The molecule has 3 heterocycles. The third-order valence-corrected chi connectivity index (χ3v) is 5.16. The molecule has 2 aliphatic rings. The maximum absolute atomic E-state index is 12.7. The van der Waals surface area contributed by atoms with Crippen LogP contribution in [0.3, 0.4) is 0 Å². The summed E-state index contributed by atoms with van der Waals surface area (Å²) < 4.78 is 10.8. The molecule has 0 radical (unpaired) electrons. The van der Waals surface area contributed by atoms with Gasteiger partial charge in [0.15, 0.2) is 0 Å². The van der Waals surface area contributed by atoms with E-state index in [2.05, 4.69) is 4.90 Å². The van der Waals surface area contributed by atoms with Crippen LogP contribution in [-0.4, -0.2) is 55.6 Å². The van der Waals surface area contributed by atoms with Crippen molar-refractivity contribution in [3.8, 4) is 0 Å². The highest BCUT2D eigenvalue weighted by Gasteiger charge is 2.47. The highest BCUT2D eigenvalue weighted by molar-refractivity contribution is 5.85. The molecule has 122 valence electrons. The Kier molecular flexibility index (Phi) is 4.54. The zero-order chi connectivity index (χ0) is 15.6. The van der Waals surface area contributed by atoms with Crippen LogP contribution in [-0.2, 0) is 16.1 Å². The number of carbonyl (C=O) groups excluding carboxylic acids is 1. The number of amides is 1. The SMILES string of the molecule is COCCN1CCC2(CCN(Cc3ccc(C)o3)CC2)C1=O. The number of furan rings is 1. The Morgan fingerprint density at radius 3 is 2.59 bits per heavy atom. The molecule has 1 amide bonds. The minimum Gasteiger partial charge on any atom is -0.465 e. The summed E-state index contributed by atoms with van der Waals surface area (Å²) in [7, 11) is 1.69. The fraction of sp³-hybridized carbons (Fsp3) is 0.706. The first-order valence-electron chi connectivity index (χ1n) is 8.19. The van der Waals surface area contributed by atoms with Crippen molar-refractivity contribution in [3.05, 3.63) is 23.7 Å². The van der Waals surface area contributed by atoms with E-state index in [4.69, 9.17) is 9.15 Å². The van der Waals surface area contributed by atoms with E-state index in [9.17, 15) is 4.79 Å². The molecule has 5 nitrogen and oxygen atoms in total. The van der Waals surface area contributed by atoms with Gasteiger partial charge in [0.05, 0.1) is 18.6 Å². The Balaban J connectivity index is 1.54. The molecule has 22 heavy (non-hydrogen) atoms. The van der Waals surface area contributed by atoms with Crippen molar-refractivity contribution < 1.29 is 13.9 Å². The first-order chi connectivity index (χ1) is 10.6. The Morgan fingerprint density at radius 2 is 1.95 bits per heavy atom. The van der Waals surface area contributed by atoms with E-state index in [1.165, 1.54) is 0 Å². The summed E-state index contributed by atoms with van der Waals surface area (Å²) in [5, 5.41) is 0. The maximum atomic E-state index is 12.7. The highest BCUT2D eigenvalue weighted by atomic mass is 16.5. The van der Waals surface area contributed by atoms with Gasteiger partial charge >= 0.3 is 0 Å². The van der Waals surface area contributed by atoms with Crippen LogP contribution in [0.4, 0.5) is 0 Å². The van der Waals surface area contributed by atoms with Crippen LogP contribution in [0.25, 0.3) is 0 Å². The second-order valence-electron chi connectivity index (χ2n) is 6.60. The van der Waals surface area contributed by atoms with Crippen LogP contribution in [0, 0.1) is 12.3 Å². The van der Waals surface area contributed by atoms with Crippen molar-refractivity contribution in [3.63, 3.8) is 0 Å². The molecule has 0 N–H and O–H groups in total. The zero-order valence-electron chi connectivity index (χ0n) is 13.6. The predicted octanol–water partition coefficient (Wildman–Crippen LogP) is 2.05. The second kappa shape index (κ2) is 6.42. The summed E-state index contributed by atoms with van der Waals surface area (Å²) in [6, 6.07) is 4.06. The fourth-order valence-corrected chi connectivity index (χ4v) is 3.70. The molecule has 0 unspecified atom stereocenters. The third-order valence-electron chi connectivity index (χ3n) is 5.16. The van der Waals surface area contributed by atoms with E-state index < -0.39 is 0 Å². The number of nitrogens with zero attached hydrogens (tertiary/aromatic N) is 2. The normalized spacial score (nSPS) is 21.9. The first-order valence-corrected chi connectivity index (χ1v) is 8.19. The standard InChI is InChI=1S/C17H26N2O3/c1-14-3-4-15(22-14)13-18-8-5-17(6-9-18)7-10-19(16(17)20)11-12-21-2/h3-4H,5-13H2,1-2H3. The molecule has 0 aromatic carbocycles. The minimum absolute atomic E-state index is 0.108. The van der Waals surface area contributed by atoms with E-state index in [-0.39, 0.29) is 5.41 Å². The van der Waals surface area contributed by atoms with Gasteiger partial charge in [-0.1, -0.05) is 0 Å². The van der Waals surface area contributed by atoms with Gasteiger partial charge in [0.1, 0.15) is 11.5 Å². The largest absolute Gasteiger partial charge is 0.465 e. The van der Waals surface area contributed by atoms with Gasteiger partial charge in [-0.05, 0) is 51.4 Å². The lowest BCUT2D eigenvalue weighted by molar-refractivity contribution is -0.139. The summed E-state index contributed by atoms with van der Waals surface area (Å²) in [5.41, 5.74) is -0.108. The van der Waals surface area contributed by atoms with Crippen molar-refractivity contribution in [2.75, 3.05) is 39.9 Å². The van der Waals surface area contributed by atoms with Crippen LogP contribution in [0.15, 0.2) is 16.5 Å². The molecule has 5 heteroatoms. The number of ether oxygens (including phenoxy) is 1. The number of likely N-dealkylation sites (tertiary alicyclic amines) is 2. The van der Waals surface area contributed by atoms with Crippen molar-refractivity contribution in [2.45, 2.75) is 32.7 Å². The number of carbonyl (C=O) groups is 1. The van der Waals surface area contributed by atoms with E-state index >= 15 is 0 Å². The van der Waals surface area contributed by atoms with E-state index in [1.807, 2.05) is 24.0 Å². The summed E-state index contributed by atoms with van der Waals surface area (Å²) in [5.74, 6) is 2.33. The predicted molar refractivity (Wildman–Crippen MR) is 83.5 cm³/mol. The lowest BCUT2D eigenvalue weighted by Crippen LogP contribution is -2.44. The topological polar surface area (TPSA) is 45.9 Å². The molecule has 1 aromatic heterocycles. The molecule has 3 rings (SSSR count). The monoisotopic (exact) mass is 306 g/mol. The van der Waals surface area contributed by atoms with Gasteiger partial charge in [0, 0.05) is 20.2 Å². The van der Waals surface area contributed by atoms with Gasteiger partial charge in [-0.3, -0.25) is 9.69 Å². The summed E-state index contributed by atoms with van der Waals surface area (Å²) in [6.45, 7) is 7.02. The molecule has 0 aliphatic carbocycles. The fourth-order valence-electron chi connectivity index (χ4n) is 3.70. The van der Waals surface area contributed by atoms with Crippen molar-refractivity contribution in [1.82, 2.24) is 9.80 Å². The smallest absolute Gasteiger partial charge is 0.229 e. The molecule has 0 bridgehead atoms. The Hall–Kier alpha value is -1.33. The number of rotatable bonds is 5. The van der Waals surface area contributed by atoms with Gasteiger partial charge in [0.2, 0.25) is 5.91 Å². The van der Waals surface area contributed by atoms with E-state index in [0.29, 0.717) is 12.5 Å². The molecule has 0 atom stereocenters. The van der Waals surface area contributed by atoms with Crippen molar-refractivity contribution in [2.24, 2.45) is 5.41 Å². The number of piperidine rings is 1. The second-order valence-corrected chi connectivity index (χ2v) is 6.60. The molecule has 2 fully saturated rings. The Bertz CT molecular complexity index is 518. The van der Waals surface area contributed by atoms with Crippen LogP contribution in [0.5, 0.6) is 0 Å². The van der Waals surface area contributed by atoms with Crippen LogP contribution in [0.1, 0.15) is 30.8 Å². The third kappa shape index (κ3) is 3.06. The van der Waals surface area contributed by atoms with Gasteiger partial charge < -0.3 is 14.1 Å². The average molecular weight is 306 g/mol. The molecule has 0 saturated carbocycles. The van der Waals surface area contributed by atoms with Gasteiger partial charge in [0.25, 0.3) is 0 Å². The summed E-state index contributed by atoms with van der Waals surface area (Å²) in [4.78, 5) is 17.1. The maximum Gasteiger partial charge on any atom is 0.229 e. The van der Waals surface area contributed by atoms with E-state index in [0.717, 1.165) is 63.5 Å². The van der Waals surface area contributed by atoms with Crippen LogP contribution in [0.2, 0.25) is 0 Å². The van der Waals surface area contributed by atoms with Crippen molar-refractivity contribution >= 4 is 5.91 Å². The van der Waals surface area contributed by atoms with Gasteiger partial charge in [-0.2, -0.15) is 0 Å². The molecule has 1 aromatic rings. The zero-order valence-corrected chi connectivity index (χ0v) is 13.6. The summed E-state index contributed by atoms with van der Waals surface area (Å²) >= 11 is 0. The highest BCUT2D eigenvalue weighted by Crippen LogP contribution is 2.41. The van der Waals surface area contributed by atoms with E-state index in [1.54, 1.807) is 7.11 Å². The first kappa shape index (κ1) is 15.6. The number of hydrogen-bond acceptors (Lipinski definition) is 4. The lowest BCUT2D eigenvalue weighted by Gasteiger charge is -2.37. The summed E-state index contributed by atoms with van der Waals surface area (Å²) in [6.07, 6.45) is 2.94. The molecular weight excluding hydrogens is 280 g/mol. The quantitative estimate of drug-likeness (QED) is 0.835. The van der Waals surface area contributed by atoms with Crippen LogP contribution >= 0.6 is 0 Å². The Morgan fingerprint density at radius 1 is 1.23 bits per heavy atom. The Labute approximate surface area is 132 Å². The number of aryl methyl sites for hydroxylation is 1. The van der Waals surface area contributed by atoms with Crippen LogP contribution < -0.4 is 0 Å². The van der Waals surface area contributed by atoms with Gasteiger partial charge in [-0.25, -0.2) is 0 Å². The van der Waals surface area contributed by atoms with Gasteiger partial charge in [-0.15, -0.1) is 0 Å². The average Bonchev–Trinajstić information content (AvgIpc) is 3.05. The number of methoxy groups -OCH3 is 1. The molecule has 1 spiro atoms. The number of hydrogen-bond donors (Lipinski definition) is 0. The molecular formula is C17H26N2O3. The van der Waals surface area contributed by atoms with Crippen molar-refractivity contribution in [1.29, 1.82) is 0 Å². The molecule has 2 saturated heterocycles. The lowest BCUT2D eigenvalue weighted by atomic mass is 9.77. The molecule has 2 aliphatic heterocycles. The minimum atomic E-state index is -0.108.